The topological polar surface area (TPSA) is 147 Å². The van der Waals surface area contributed by atoms with E-state index >= 15 is 0 Å². The number of carbonyl (C=O) groups is 1. The van der Waals surface area contributed by atoms with Crippen molar-refractivity contribution in [3.05, 3.63) is 67.5 Å². The highest BCUT2D eigenvalue weighted by molar-refractivity contribution is 6.32. The van der Waals surface area contributed by atoms with Crippen molar-refractivity contribution in [3.63, 3.8) is 0 Å². The van der Waals surface area contributed by atoms with Crippen LogP contribution in [0.1, 0.15) is 5.56 Å². The minimum Gasteiger partial charge on any atom is -0.496 e. The van der Waals surface area contributed by atoms with Crippen molar-refractivity contribution in [2.24, 2.45) is 7.05 Å². The summed E-state index contributed by atoms with van der Waals surface area (Å²) < 4.78 is 51.7. The molecule has 2 aromatic carbocycles. The fourth-order valence-corrected chi connectivity index (χ4v) is 3.96. The van der Waals surface area contributed by atoms with Crippen LogP contribution in [0.25, 0.3) is 16.9 Å². The number of aliphatic carboxylic acids is 1. The minimum atomic E-state index is -1.31. The van der Waals surface area contributed by atoms with Crippen LogP contribution in [0.15, 0.2) is 33.9 Å². The second-order valence-electron chi connectivity index (χ2n) is 7.69. The Morgan fingerprint density at radius 2 is 1.82 bits per heavy atom. The molecular formula is C23H19ClF2N4O8. The second kappa shape index (κ2) is 10.4. The number of carboxylic acids is 1. The van der Waals surface area contributed by atoms with Gasteiger partial charge in [0, 0.05) is 19.2 Å². The first-order valence-corrected chi connectivity index (χ1v) is 11.0. The SMILES string of the molecule is COc1ccc(F)c(F)c1COc1cc(-n2c(=O)n(C)c3c(OC)nc(=O)[nH]c32)c(Cl)cc1OCC(=O)O. The van der Waals surface area contributed by atoms with Gasteiger partial charge in [0.1, 0.15) is 17.9 Å². The van der Waals surface area contributed by atoms with Crippen molar-refractivity contribution in [1.82, 2.24) is 19.1 Å². The van der Waals surface area contributed by atoms with E-state index in [0.717, 1.165) is 15.2 Å². The van der Waals surface area contributed by atoms with Crippen LogP contribution in [0, 0.1) is 11.6 Å². The average molecular weight is 553 g/mol. The summed E-state index contributed by atoms with van der Waals surface area (Å²) in [7, 11) is 3.95. The number of nitrogens with one attached hydrogen (secondary N) is 1. The van der Waals surface area contributed by atoms with Gasteiger partial charge in [-0.05, 0) is 12.1 Å². The number of aromatic nitrogens is 4. The normalized spacial score (nSPS) is 11.0. The van der Waals surface area contributed by atoms with E-state index in [-0.39, 0.29) is 50.6 Å². The number of methoxy groups -OCH3 is 2. The molecular weight excluding hydrogens is 534 g/mol. The third kappa shape index (κ3) is 4.72. The molecule has 38 heavy (non-hydrogen) atoms. The molecule has 0 spiro atoms. The molecule has 0 radical (unpaired) electrons. The number of imidazole rings is 1. The number of carboxylic acid groups (broad SMARTS) is 1. The summed E-state index contributed by atoms with van der Waals surface area (Å²) in [4.78, 5) is 42.5. The summed E-state index contributed by atoms with van der Waals surface area (Å²) in [6.45, 7) is -1.36. The van der Waals surface area contributed by atoms with E-state index in [1.54, 1.807) is 0 Å². The highest BCUT2D eigenvalue weighted by Gasteiger charge is 2.23. The van der Waals surface area contributed by atoms with E-state index in [0.29, 0.717) is 0 Å². The predicted octanol–water partition coefficient (Wildman–Crippen LogP) is 2.40. The van der Waals surface area contributed by atoms with Crippen LogP contribution < -0.4 is 30.3 Å². The van der Waals surface area contributed by atoms with Crippen LogP contribution in [0.5, 0.6) is 23.1 Å². The van der Waals surface area contributed by atoms with Crippen LogP contribution in [0.2, 0.25) is 5.02 Å². The van der Waals surface area contributed by atoms with Crippen molar-refractivity contribution in [2.75, 3.05) is 20.8 Å². The molecule has 0 amide bonds. The zero-order valence-electron chi connectivity index (χ0n) is 20.0. The first-order chi connectivity index (χ1) is 18.1. The van der Waals surface area contributed by atoms with Crippen molar-refractivity contribution < 1.29 is 37.6 Å². The Balaban J connectivity index is 1.89. The molecule has 15 heteroatoms. The quantitative estimate of drug-likeness (QED) is 0.319. The van der Waals surface area contributed by atoms with Gasteiger partial charge in [-0.25, -0.2) is 27.7 Å². The Morgan fingerprint density at radius 1 is 1.11 bits per heavy atom. The number of hydrogen-bond donors (Lipinski definition) is 2. The summed E-state index contributed by atoms with van der Waals surface area (Å²) >= 11 is 6.44. The van der Waals surface area contributed by atoms with Crippen molar-refractivity contribution >= 4 is 28.7 Å². The van der Waals surface area contributed by atoms with Gasteiger partial charge < -0.3 is 24.1 Å². The summed E-state index contributed by atoms with van der Waals surface area (Å²) in [6.07, 6.45) is 0. The van der Waals surface area contributed by atoms with Gasteiger partial charge in [-0.3, -0.25) is 9.55 Å². The molecule has 2 aromatic heterocycles. The Labute approximate surface area is 216 Å². The Bertz CT molecular complexity index is 1680. The second-order valence-corrected chi connectivity index (χ2v) is 8.10. The van der Waals surface area contributed by atoms with E-state index < -0.39 is 42.2 Å². The number of nitrogens with zero attached hydrogens (tertiary/aromatic N) is 3. The number of aromatic amines is 1. The molecule has 0 aliphatic carbocycles. The first kappa shape index (κ1) is 26.5. The maximum atomic E-state index is 14.5. The van der Waals surface area contributed by atoms with Gasteiger partial charge in [-0.2, -0.15) is 4.98 Å². The standard InChI is InChI=1S/C23H19ClF2N4O8/c1-29-19-20(27-22(33)28-21(19)36-3)30(23(29)34)13-7-16(15(6-11(13)24)38-9-17(31)32)37-8-10-14(35-2)5-4-12(25)18(10)26/h4-7H,8-9H2,1-3H3,(H,31,32)(H,27,28,33). The molecule has 4 aromatic rings. The summed E-state index contributed by atoms with van der Waals surface area (Å²) in [5.41, 5.74) is -1.62. The van der Waals surface area contributed by atoms with Gasteiger partial charge in [0.25, 0.3) is 0 Å². The highest BCUT2D eigenvalue weighted by atomic mass is 35.5. The molecule has 0 bridgehead atoms. The average Bonchev–Trinajstić information content (AvgIpc) is 3.12. The molecule has 0 unspecified atom stereocenters. The highest BCUT2D eigenvalue weighted by Crippen LogP contribution is 2.37. The molecule has 2 N–H and O–H groups in total. The Morgan fingerprint density at radius 3 is 2.47 bits per heavy atom. The Hall–Kier alpha value is -4.59. The number of aryl methyl sites for hydroxylation is 1. The molecule has 0 atom stereocenters. The van der Waals surface area contributed by atoms with Crippen molar-refractivity contribution in [2.45, 2.75) is 6.61 Å². The number of H-pyrrole nitrogens is 1. The molecule has 0 fully saturated rings. The van der Waals surface area contributed by atoms with E-state index in [1.807, 2.05) is 0 Å². The number of fused-ring (bicyclic) bond motifs is 1. The zero-order valence-corrected chi connectivity index (χ0v) is 20.8. The lowest BCUT2D eigenvalue weighted by Gasteiger charge is -2.16. The van der Waals surface area contributed by atoms with Gasteiger partial charge in [-0.15, -0.1) is 0 Å². The minimum absolute atomic E-state index is 0.00599. The van der Waals surface area contributed by atoms with Gasteiger partial charge in [-0.1, -0.05) is 11.6 Å². The van der Waals surface area contributed by atoms with E-state index in [1.165, 1.54) is 39.5 Å². The third-order valence-electron chi connectivity index (χ3n) is 5.44. The van der Waals surface area contributed by atoms with Crippen LogP contribution in [0.3, 0.4) is 0 Å². The number of benzene rings is 2. The van der Waals surface area contributed by atoms with E-state index in [9.17, 15) is 23.2 Å². The van der Waals surface area contributed by atoms with Crippen LogP contribution >= 0.6 is 11.6 Å². The lowest BCUT2D eigenvalue weighted by molar-refractivity contribution is -0.139. The van der Waals surface area contributed by atoms with E-state index in [2.05, 4.69) is 9.97 Å². The Kier molecular flexibility index (Phi) is 7.26. The fraction of sp³-hybridized carbons (Fsp3) is 0.217. The number of hydrogen-bond acceptors (Lipinski definition) is 8. The van der Waals surface area contributed by atoms with Crippen LogP contribution in [-0.4, -0.2) is 51.0 Å². The van der Waals surface area contributed by atoms with Crippen LogP contribution in [0.4, 0.5) is 8.78 Å². The monoisotopic (exact) mass is 552 g/mol. The van der Waals surface area contributed by atoms with Crippen LogP contribution in [-0.2, 0) is 18.4 Å². The zero-order chi connectivity index (χ0) is 27.7. The summed E-state index contributed by atoms with van der Waals surface area (Å²) in [5, 5.41) is 8.94. The molecule has 2 heterocycles. The summed E-state index contributed by atoms with van der Waals surface area (Å²) in [5.74, 6) is -4.14. The lowest BCUT2D eigenvalue weighted by atomic mass is 10.2. The maximum absolute atomic E-state index is 14.5. The van der Waals surface area contributed by atoms with Gasteiger partial charge in [0.2, 0.25) is 5.88 Å². The largest absolute Gasteiger partial charge is 0.496 e. The van der Waals surface area contributed by atoms with Gasteiger partial charge in [0.15, 0.2) is 35.4 Å². The third-order valence-corrected chi connectivity index (χ3v) is 5.74. The number of halogens is 3. The smallest absolute Gasteiger partial charge is 0.349 e. The summed E-state index contributed by atoms with van der Waals surface area (Å²) in [6, 6.07) is 4.49. The molecule has 0 saturated carbocycles. The molecule has 200 valence electrons. The molecule has 0 aliphatic rings. The molecule has 4 rings (SSSR count). The van der Waals surface area contributed by atoms with Gasteiger partial charge >= 0.3 is 17.3 Å². The number of ether oxygens (including phenoxy) is 4. The molecule has 0 saturated heterocycles. The molecule has 0 aliphatic heterocycles. The van der Waals surface area contributed by atoms with Crippen molar-refractivity contribution in [3.8, 4) is 28.8 Å². The fourth-order valence-electron chi connectivity index (χ4n) is 3.72. The van der Waals surface area contributed by atoms with Gasteiger partial charge in [0.05, 0.1) is 30.5 Å². The first-order valence-electron chi connectivity index (χ1n) is 10.6. The van der Waals surface area contributed by atoms with Crippen molar-refractivity contribution in [1.29, 1.82) is 0 Å². The maximum Gasteiger partial charge on any atom is 0.349 e. The number of rotatable bonds is 9. The molecule has 12 nitrogen and oxygen atoms in total. The predicted molar refractivity (Wildman–Crippen MR) is 129 cm³/mol. The lowest BCUT2D eigenvalue weighted by Crippen LogP contribution is -2.21. The van der Waals surface area contributed by atoms with E-state index in [4.69, 9.17) is 35.7 Å².